The van der Waals surface area contributed by atoms with Crippen molar-refractivity contribution in [1.82, 2.24) is 5.32 Å². The predicted octanol–water partition coefficient (Wildman–Crippen LogP) is 2.73. The summed E-state index contributed by atoms with van der Waals surface area (Å²) in [7, 11) is 0. The van der Waals surface area contributed by atoms with E-state index in [1.54, 1.807) is 0 Å². The summed E-state index contributed by atoms with van der Waals surface area (Å²) in [4.78, 5) is 11.5. The first-order valence-corrected chi connectivity index (χ1v) is 5.96. The molecule has 0 saturated carbocycles. The molecule has 0 bridgehead atoms. The summed E-state index contributed by atoms with van der Waals surface area (Å²) >= 11 is 3.26. The van der Waals surface area contributed by atoms with Crippen molar-refractivity contribution in [1.29, 1.82) is 0 Å². The SMILES string of the molecule is CC(CBr)CNC(=O)c1cc(F)ccc1F. The first-order valence-electron chi connectivity index (χ1n) is 4.83. The van der Waals surface area contributed by atoms with E-state index in [2.05, 4.69) is 21.2 Å². The Morgan fingerprint density at radius 1 is 1.50 bits per heavy atom. The van der Waals surface area contributed by atoms with Gasteiger partial charge in [0.15, 0.2) is 0 Å². The molecule has 1 unspecified atom stereocenters. The Hall–Kier alpha value is -0.970. The molecule has 0 aliphatic carbocycles. The molecule has 1 amide bonds. The summed E-state index contributed by atoms with van der Waals surface area (Å²) in [5, 5.41) is 3.28. The molecule has 0 spiro atoms. The van der Waals surface area contributed by atoms with Crippen LogP contribution in [0.3, 0.4) is 0 Å². The molecule has 1 aromatic rings. The van der Waals surface area contributed by atoms with Gasteiger partial charge in [0.25, 0.3) is 5.91 Å². The highest BCUT2D eigenvalue weighted by Gasteiger charge is 2.13. The molecule has 1 rings (SSSR count). The van der Waals surface area contributed by atoms with E-state index in [0.717, 1.165) is 23.5 Å². The second kappa shape index (κ2) is 5.94. The van der Waals surface area contributed by atoms with Gasteiger partial charge in [-0.05, 0) is 24.1 Å². The van der Waals surface area contributed by atoms with Gasteiger partial charge in [0.2, 0.25) is 0 Å². The molecule has 1 aromatic carbocycles. The molecular weight excluding hydrogens is 280 g/mol. The normalized spacial score (nSPS) is 12.2. The van der Waals surface area contributed by atoms with E-state index in [9.17, 15) is 13.6 Å². The lowest BCUT2D eigenvalue weighted by atomic mass is 10.1. The third kappa shape index (κ3) is 3.56. The van der Waals surface area contributed by atoms with E-state index in [1.807, 2.05) is 6.92 Å². The highest BCUT2D eigenvalue weighted by molar-refractivity contribution is 9.09. The molecule has 0 fully saturated rings. The molecule has 5 heteroatoms. The van der Waals surface area contributed by atoms with Crippen molar-refractivity contribution in [3.8, 4) is 0 Å². The molecule has 2 nitrogen and oxygen atoms in total. The molecule has 0 saturated heterocycles. The number of carbonyl (C=O) groups excluding carboxylic acids is 1. The Bertz CT molecular complexity index is 384. The summed E-state index contributed by atoms with van der Waals surface area (Å²) in [6.07, 6.45) is 0. The Labute approximate surface area is 101 Å². The standard InChI is InChI=1S/C11H12BrF2NO/c1-7(5-12)6-15-11(16)9-4-8(13)2-3-10(9)14/h2-4,7H,5-6H2,1H3,(H,15,16). The minimum absolute atomic E-state index is 0.237. The number of hydrogen-bond donors (Lipinski definition) is 1. The van der Waals surface area contributed by atoms with Crippen LogP contribution in [0.15, 0.2) is 18.2 Å². The van der Waals surface area contributed by atoms with Crippen LogP contribution in [-0.4, -0.2) is 17.8 Å². The summed E-state index contributed by atoms with van der Waals surface area (Å²) < 4.78 is 26.0. The Morgan fingerprint density at radius 3 is 2.81 bits per heavy atom. The van der Waals surface area contributed by atoms with Crippen LogP contribution in [-0.2, 0) is 0 Å². The van der Waals surface area contributed by atoms with Crippen molar-refractivity contribution in [2.45, 2.75) is 6.92 Å². The van der Waals surface area contributed by atoms with Crippen LogP contribution >= 0.6 is 15.9 Å². The molecule has 0 heterocycles. The first kappa shape index (κ1) is 13.1. The van der Waals surface area contributed by atoms with Gasteiger partial charge in [-0.3, -0.25) is 4.79 Å². The Balaban J connectivity index is 2.69. The lowest BCUT2D eigenvalue weighted by molar-refractivity contribution is 0.0945. The molecule has 0 aliphatic heterocycles. The zero-order valence-electron chi connectivity index (χ0n) is 8.77. The fourth-order valence-electron chi connectivity index (χ4n) is 1.09. The van der Waals surface area contributed by atoms with Crippen LogP contribution < -0.4 is 5.32 Å². The van der Waals surface area contributed by atoms with Crippen LogP contribution in [0.2, 0.25) is 0 Å². The number of alkyl halides is 1. The molecule has 16 heavy (non-hydrogen) atoms. The maximum Gasteiger partial charge on any atom is 0.254 e. The lowest BCUT2D eigenvalue weighted by Crippen LogP contribution is -2.29. The van der Waals surface area contributed by atoms with Crippen LogP contribution in [0.4, 0.5) is 8.78 Å². The fraction of sp³-hybridized carbons (Fsp3) is 0.364. The summed E-state index contributed by atoms with van der Waals surface area (Å²) in [5.74, 6) is -1.70. The van der Waals surface area contributed by atoms with Gasteiger partial charge in [-0.2, -0.15) is 0 Å². The van der Waals surface area contributed by atoms with Gasteiger partial charge in [0.1, 0.15) is 11.6 Å². The quantitative estimate of drug-likeness (QED) is 0.849. The fourth-order valence-corrected chi connectivity index (χ4v) is 1.32. The average molecular weight is 292 g/mol. The number of rotatable bonds is 4. The zero-order chi connectivity index (χ0) is 12.1. The van der Waals surface area contributed by atoms with Gasteiger partial charge in [-0.1, -0.05) is 22.9 Å². The molecule has 88 valence electrons. The minimum Gasteiger partial charge on any atom is -0.352 e. The Morgan fingerprint density at radius 2 is 2.19 bits per heavy atom. The monoisotopic (exact) mass is 291 g/mol. The van der Waals surface area contributed by atoms with E-state index in [4.69, 9.17) is 0 Å². The van der Waals surface area contributed by atoms with Crippen LogP contribution in [0.25, 0.3) is 0 Å². The van der Waals surface area contributed by atoms with Gasteiger partial charge in [-0.25, -0.2) is 8.78 Å². The molecule has 0 aromatic heterocycles. The van der Waals surface area contributed by atoms with E-state index in [1.165, 1.54) is 0 Å². The first-order chi connectivity index (χ1) is 7.54. The van der Waals surface area contributed by atoms with Gasteiger partial charge in [0.05, 0.1) is 5.56 Å². The number of amides is 1. The van der Waals surface area contributed by atoms with Crippen molar-refractivity contribution in [2.24, 2.45) is 5.92 Å². The third-order valence-corrected chi connectivity index (χ3v) is 3.15. The summed E-state index contributed by atoms with van der Waals surface area (Å²) in [5.41, 5.74) is -0.262. The Kier molecular flexibility index (Phi) is 4.86. The van der Waals surface area contributed by atoms with Crippen molar-refractivity contribution in [3.63, 3.8) is 0 Å². The number of benzene rings is 1. The van der Waals surface area contributed by atoms with Crippen molar-refractivity contribution >= 4 is 21.8 Å². The summed E-state index contributed by atoms with van der Waals surface area (Å²) in [6.45, 7) is 2.34. The average Bonchev–Trinajstić information content (AvgIpc) is 2.28. The van der Waals surface area contributed by atoms with Crippen LogP contribution in [0.1, 0.15) is 17.3 Å². The van der Waals surface area contributed by atoms with E-state index < -0.39 is 17.5 Å². The number of carbonyl (C=O) groups is 1. The molecule has 0 radical (unpaired) electrons. The topological polar surface area (TPSA) is 29.1 Å². The second-order valence-electron chi connectivity index (χ2n) is 3.59. The maximum absolute atomic E-state index is 13.2. The van der Waals surface area contributed by atoms with Gasteiger partial charge >= 0.3 is 0 Å². The lowest BCUT2D eigenvalue weighted by Gasteiger charge is -2.09. The van der Waals surface area contributed by atoms with E-state index >= 15 is 0 Å². The third-order valence-electron chi connectivity index (χ3n) is 2.05. The molecule has 1 N–H and O–H groups in total. The van der Waals surface area contributed by atoms with Gasteiger partial charge in [-0.15, -0.1) is 0 Å². The van der Waals surface area contributed by atoms with Crippen LogP contribution in [0, 0.1) is 17.6 Å². The molecule has 0 aliphatic rings. The number of halogens is 3. The highest BCUT2D eigenvalue weighted by atomic mass is 79.9. The molecule has 1 atom stereocenters. The highest BCUT2D eigenvalue weighted by Crippen LogP contribution is 2.09. The van der Waals surface area contributed by atoms with Crippen LogP contribution in [0.5, 0.6) is 0 Å². The molecular formula is C11H12BrF2NO. The van der Waals surface area contributed by atoms with Gasteiger partial charge < -0.3 is 5.32 Å². The van der Waals surface area contributed by atoms with E-state index in [0.29, 0.717) is 6.54 Å². The van der Waals surface area contributed by atoms with Gasteiger partial charge in [0, 0.05) is 11.9 Å². The predicted molar refractivity (Wildman–Crippen MR) is 61.6 cm³/mol. The minimum atomic E-state index is -0.717. The maximum atomic E-state index is 13.2. The number of hydrogen-bond acceptors (Lipinski definition) is 1. The summed E-state index contributed by atoms with van der Waals surface area (Å²) in [6, 6.07) is 2.81. The van der Waals surface area contributed by atoms with Crippen molar-refractivity contribution in [2.75, 3.05) is 11.9 Å². The van der Waals surface area contributed by atoms with E-state index in [-0.39, 0.29) is 11.5 Å². The van der Waals surface area contributed by atoms with Crippen molar-refractivity contribution < 1.29 is 13.6 Å². The number of nitrogens with one attached hydrogen (secondary N) is 1. The largest absolute Gasteiger partial charge is 0.352 e. The smallest absolute Gasteiger partial charge is 0.254 e. The second-order valence-corrected chi connectivity index (χ2v) is 4.24. The zero-order valence-corrected chi connectivity index (χ0v) is 10.4. The van der Waals surface area contributed by atoms with Crippen molar-refractivity contribution in [3.05, 3.63) is 35.4 Å².